The second-order valence-corrected chi connectivity index (χ2v) is 6.49. The number of alkyl halides is 3. The van der Waals surface area contributed by atoms with Gasteiger partial charge in [-0.25, -0.2) is 9.82 Å². The number of allylic oxidation sites excluding steroid dienone is 2. The Kier molecular flexibility index (Phi) is 6.41. The summed E-state index contributed by atoms with van der Waals surface area (Å²) in [6.45, 7) is 6.05. The Labute approximate surface area is 160 Å². The molecule has 1 aromatic carbocycles. The normalized spacial score (nSPS) is 13.5. The summed E-state index contributed by atoms with van der Waals surface area (Å²) in [6.07, 6.45) is -3.00. The van der Waals surface area contributed by atoms with Gasteiger partial charge in [0.05, 0.1) is 23.2 Å². The Hall–Kier alpha value is -2.92. The summed E-state index contributed by atoms with van der Waals surface area (Å²) in [7, 11) is 0. The number of nitrogens with one attached hydrogen (secondary N) is 2. The number of hydrogen-bond acceptors (Lipinski definition) is 4. The molecular weight excluding hydrogens is 372 g/mol. The second-order valence-electron chi connectivity index (χ2n) is 6.49. The second kappa shape index (κ2) is 8.40. The van der Waals surface area contributed by atoms with E-state index in [2.05, 4.69) is 21.9 Å². The highest BCUT2D eigenvalue weighted by atomic mass is 19.4. The third-order valence-corrected chi connectivity index (χ3v) is 4.33. The van der Waals surface area contributed by atoms with Crippen molar-refractivity contribution in [2.24, 2.45) is 0 Å². The molecule has 0 aliphatic carbocycles. The predicted molar refractivity (Wildman–Crippen MR) is 100 cm³/mol. The Morgan fingerprint density at radius 3 is 2.39 bits per heavy atom. The fourth-order valence-corrected chi connectivity index (χ4v) is 2.49. The van der Waals surface area contributed by atoms with Crippen LogP contribution in [0.3, 0.4) is 0 Å². The summed E-state index contributed by atoms with van der Waals surface area (Å²) in [5.74, 6) is -0.342. The van der Waals surface area contributed by atoms with Crippen LogP contribution in [0.4, 0.5) is 23.2 Å². The first kappa shape index (κ1) is 21.4. The summed E-state index contributed by atoms with van der Waals surface area (Å²) in [5.41, 5.74) is 8.06. The molecule has 1 atom stereocenters. The minimum atomic E-state index is -4.37. The molecule has 0 amide bonds. The number of halogens is 4. The van der Waals surface area contributed by atoms with Gasteiger partial charge in [0.25, 0.3) is 0 Å². The maximum Gasteiger partial charge on any atom is 0.405 e. The van der Waals surface area contributed by atoms with E-state index in [0.29, 0.717) is 39.2 Å². The van der Waals surface area contributed by atoms with Crippen LogP contribution in [0.1, 0.15) is 36.2 Å². The molecule has 1 heterocycles. The Balaban J connectivity index is 2.29. The fourth-order valence-electron chi connectivity index (χ4n) is 2.49. The lowest BCUT2D eigenvalue weighted by molar-refractivity contribution is -0.150. The van der Waals surface area contributed by atoms with Gasteiger partial charge in [-0.2, -0.15) is 18.4 Å². The molecule has 28 heavy (non-hydrogen) atoms. The van der Waals surface area contributed by atoms with E-state index in [9.17, 15) is 22.8 Å². The molecule has 0 bridgehead atoms. The summed E-state index contributed by atoms with van der Waals surface area (Å²) >= 11 is 0. The van der Waals surface area contributed by atoms with Gasteiger partial charge in [0.1, 0.15) is 17.9 Å². The number of rotatable bonds is 5. The minimum absolute atomic E-state index is 0.342. The van der Waals surface area contributed by atoms with E-state index in [-0.39, 0.29) is 5.82 Å². The molecule has 1 aromatic heterocycles. The van der Waals surface area contributed by atoms with Crippen LogP contribution in [0.2, 0.25) is 0 Å². The van der Waals surface area contributed by atoms with E-state index in [0.717, 1.165) is 6.92 Å². The molecule has 2 aromatic rings. The molecule has 2 rings (SSSR count). The van der Waals surface area contributed by atoms with Gasteiger partial charge in [0, 0.05) is 0 Å². The number of aryl methyl sites for hydroxylation is 2. The molecule has 0 saturated carbocycles. The predicted octanol–water partition coefficient (Wildman–Crippen LogP) is 5.16. The third kappa shape index (κ3) is 4.87. The zero-order valence-corrected chi connectivity index (χ0v) is 15.9. The molecule has 8 heteroatoms. The number of pyridine rings is 1. The van der Waals surface area contributed by atoms with Crippen LogP contribution in [0.5, 0.6) is 0 Å². The van der Waals surface area contributed by atoms with Crippen LogP contribution in [-0.4, -0.2) is 17.2 Å². The zero-order valence-electron chi connectivity index (χ0n) is 15.9. The number of hydrogen-bond donors (Lipinski definition) is 2. The number of hydrazine groups is 1. The van der Waals surface area contributed by atoms with E-state index in [4.69, 9.17) is 0 Å². The first-order chi connectivity index (χ1) is 13.0. The summed E-state index contributed by atoms with van der Waals surface area (Å²) < 4.78 is 51.3. The summed E-state index contributed by atoms with van der Waals surface area (Å²) in [4.78, 5) is 4.22. The maximum absolute atomic E-state index is 13.7. The summed E-state index contributed by atoms with van der Waals surface area (Å²) in [6, 6.07) is 6.55. The van der Waals surface area contributed by atoms with Gasteiger partial charge < -0.3 is 5.43 Å². The van der Waals surface area contributed by atoms with Gasteiger partial charge in [-0.05, 0) is 74.2 Å². The van der Waals surface area contributed by atoms with E-state index >= 15 is 0 Å². The van der Waals surface area contributed by atoms with Gasteiger partial charge >= 0.3 is 6.18 Å². The van der Waals surface area contributed by atoms with Crippen molar-refractivity contribution in [1.82, 2.24) is 10.4 Å². The Morgan fingerprint density at radius 1 is 1.18 bits per heavy atom. The Morgan fingerprint density at radius 2 is 1.86 bits per heavy atom. The molecule has 0 aliphatic rings. The lowest BCUT2D eigenvalue weighted by atomic mass is 9.94. The molecule has 0 unspecified atom stereocenters. The highest BCUT2D eigenvalue weighted by Crippen LogP contribution is 2.29. The van der Waals surface area contributed by atoms with Crippen molar-refractivity contribution in [3.05, 3.63) is 58.7 Å². The smallest absolute Gasteiger partial charge is 0.319 e. The van der Waals surface area contributed by atoms with Crippen molar-refractivity contribution in [1.29, 1.82) is 5.26 Å². The van der Waals surface area contributed by atoms with E-state index in [1.807, 2.05) is 0 Å². The number of benzene rings is 1. The minimum Gasteiger partial charge on any atom is -0.319 e. The molecule has 0 aliphatic heterocycles. The summed E-state index contributed by atoms with van der Waals surface area (Å²) in [5, 5.41) is 9.61. The topological polar surface area (TPSA) is 60.7 Å². The highest BCUT2D eigenvalue weighted by molar-refractivity contribution is 5.96. The first-order valence-electron chi connectivity index (χ1n) is 8.47. The molecule has 0 spiro atoms. The maximum atomic E-state index is 13.7. The van der Waals surface area contributed by atoms with Crippen molar-refractivity contribution in [2.75, 3.05) is 5.43 Å². The van der Waals surface area contributed by atoms with Crippen molar-refractivity contribution < 1.29 is 17.6 Å². The fraction of sp³-hybridized carbons (Fsp3) is 0.300. The van der Waals surface area contributed by atoms with E-state index in [1.165, 1.54) is 12.3 Å². The standard InChI is InChI=1S/C20H20F4N4/c1-11-8-18(21)12(2)7-16(11)17(9-25)13(3)19-6-5-15(10-26-19)28-27-14(4)20(22,23)24/h5-8,10,14,27-28H,1-4H3/b17-13+/t14-/m0/s1. The van der Waals surface area contributed by atoms with Crippen LogP contribution < -0.4 is 10.9 Å². The van der Waals surface area contributed by atoms with Gasteiger partial charge in [-0.1, -0.05) is 0 Å². The average molecular weight is 392 g/mol. The van der Waals surface area contributed by atoms with Crippen LogP contribution in [0.25, 0.3) is 11.1 Å². The highest BCUT2D eigenvalue weighted by Gasteiger charge is 2.35. The zero-order chi connectivity index (χ0) is 21.1. The molecule has 148 valence electrons. The quantitative estimate of drug-likeness (QED) is 0.419. The number of nitriles is 1. The molecule has 0 saturated heterocycles. The van der Waals surface area contributed by atoms with Gasteiger partial charge in [-0.15, -0.1) is 0 Å². The Bertz CT molecular complexity index is 925. The van der Waals surface area contributed by atoms with Gasteiger partial charge in [-0.3, -0.25) is 4.98 Å². The van der Waals surface area contributed by atoms with Crippen molar-refractivity contribution in [2.45, 2.75) is 39.9 Å². The molecule has 0 fully saturated rings. The number of nitrogens with zero attached hydrogens (tertiary/aromatic N) is 2. The van der Waals surface area contributed by atoms with Crippen LogP contribution in [-0.2, 0) is 0 Å². The SMILES string of the molecule is C/C(=C(/C#N)c1cc(C)c(F)cc1C)c1ccc(NN[C@@H](C)C(F)(F)F)cn1. The third-order valence-electron chi connectivity index (χ3n) is 4.33. The molecule has 4 nitrogen and oxygen atoms in total. The van der Waals surface area contributed by atoms with Crippen LogP contribution in [0, 0.1) is 31.0 Å². The lowest BCUT2D eigenvalue weighted by Gasteiger charge is -2.18. The lowest BCUT2D eigenvalue weighted by Crippen LogP contribution is -2.42. The average Bonchev–Trinajstić information content (AvgIpc) is 2.63. The van der Waals surface area contributed by atoms with Gasteiger partial charge in [0.15, 0.2) is 0 Å². The largest absolute Gasteiger partial charge is 0.405 e. The van der Waals surface area contributed by atoms with E-state index < -0.39 is 12.2 Å². The monoisotopic (exact) mass is 392 g/mol. The molecule has 2 N–H and O–H groups in total. The van der Waals surface area contributed by atoms with Gasteiger partial charge in [0.2, 0.25) is 0 Å². The molecular formula is C20H20F4N4. The molecule has 0 radical (unpaired) electrons. The number of anilines is 1. The van der Waals surface area contributed by atoms with Crippen LogP contribution >= 0.6 is 0 Å². The van der Waals surface area contributed by atoms with Crippen LogP contribution in [0.15, 0.2) is 30.5 Å². The number of aromatic nitrogens is 1. The first-order valence-corrected chi connectivity index (χ1v) is 8.47. The van der Waals surface area contributed by atoms with E-state index in [1.54, 1.807) is 39.0 Å². The van der Waals surface area contributed by atoms with Crippen molar-refractivity contribution in [3.63, 3.8) is 0 Å². The van der Waals surface area contributed by atoms with Crippen molar-refractivity contribution in [3.8, 4) is 6.07 Å². The van der Waals surface area contributed by atoms with Crippen molar-refractivity contribution >= 4 is 16.8 Å².